The summed E-state index contributed by atoms with van der Waals surface area (Å²) in [6, 6.07) is 8.89. The topological polar surface area (TPSA) is 58.1 Å². The molecular formula is C22H38N4O2. The number of ether oxygens (including phenoxy) is 2. The van der Waals surface area contributed by atoms with Gasteiger partial charge in [-0.25, -0.2) is 0 Å². The van der Waals surface area contributed by atoms with Gasteiger partial charge < -0.3 is 20.1 Å². The quantitative estimate of drug-likeness (QED) is 0.449. The summed E-state index contributed by atoms with van der Waals surface area (Å²) in [5, 5.41) is 6.87. The Kier molecular flexibility index (Phi) is 10.1. The third kappa shape index (κ3) is 7.32. The smallest absolute Gasteiger partial charge is 0.191 e. The molecule has 0 aliphatic carbocycles. The van der Waals surface area contributed by atoms with E-state index in [4.69, 9.17) is 14.5 Å². The molecular weight excluding hydrogens is 352 g/mol. The predicted molar refractivity (Wildman–Crippen MR) is 116 cm³/mol. The van der Waals surface area contributed by atoms with Crippen molar-refractivity contribution in [3.63, 3.8) is 0 Å². The van der Waals surface area contributed by atoms with Gasteiger partial charge in [0, 0.05) is 32.8 Å². The highest BCUT2D eigenvalue weighted by Crippen LogP contribution is 2.21. The van der Waals surface area contributed by atoms with Crippen LogP contribution in [0.3, 0.4) is 0 Å². The fraction of sp³-hybridized carbons (Fsp3) is 0.682. The van der Waals surface area contributed by atoms with Gasteiger partial charge >= 0.3 is 0 Å². The third-order valence-electron chi connectivity index (χ3n) is 5.44. The van der Waals surface area contributed by atoms with Gasteiger partial charge in [-0.05, 0) is 56.3 Å². The lowest BCUT2D eigenvalue weighted by molar-refractivity contribution is 0.142. The minimum atomic E-state index is 0.487. The van der Waals surface area contributed by atoms with Crippen molar-refractivity contribution in [2.24, 2.45) is 4.99 Å². The number of benzene rings is 1. The molecule has 2 N–H and O–H groups in total. The van der Waals surface area contributed by atoms with E-state index in [-0.39, 0.29) is 0 Å². The molecule has 0 amide bonds. The van der Waals surface area contributed by atoms with E-state index in [1.807, 2.05) is 12.1 Å². The fourth-order valence-corrected chi connectivity index (χ4v) is 3.65. The van der Waals surface area contributed by atoms with E-state index >= 15 is 0 Å². The summed E-state index contributed by atoms with van der Waals surface area (Å²) in [5.74, 6) is 2.31. The highest BCUT2D eigenvalue weighted by molar-refractivity contribution is 5.79. The molecule has 1 fully saturated rings. The number of aliphatic imine (C=N–C) groups is 1. The van der Waals surface area contributed by atoms with Crippen molar-refractivity contribution >= 4 is 5.96 Å². The van der Waals surface area contributed by atoms with E-state index in [2.05, 4.69) is 41.5 Å². The molecule has 2 rings (SSSR count). The van der Waals surface area contributed by atoms with Crippen molar-refractivity contribution in [2.45, 2.75) is 45.1 Å². The van der Waals surface area contributed by atoms with Crippen LogP contribution in [0.1, 0.15) is 44.6 Å². The Bertz CT molecular complexity index is 576. The Labute approximate surface area is 170 Å². The van der Waals surface area contributed by atoms with Crippen LogP contribution in [-0.4, -0.2) is 70.5 Å². The van der Waals surface area contributed by atoms with Crippen LogP contribution < -0.4 is 15.4 Å². The van der Waals surface area contributed by atoms with Gasteiger partial charge in [0.05, 0.1) is 20.3 Å². The molecule has 1 aromatic carbocycles. The van der Waals surface area contributed by atoms with E-state index in [0.717, 1.165) is 57.5 Å². The van der Waals surface area contributed by atoms with E-state index in [9.17, 15) is 0 Å². The zero-order valence-corrected chi connectivity index (χ0v) is 18.0. The van der Waals surface area contributed by atoms with Crippen molar-refractivity contribution in [1.29, 1.82) is 0 Å². The number of methoxy groups -OCH3 is 2. The molecule has 6 heteroatoms. The average molecular weight is 391 g/mol. The maximum Gasteiger partial charge on any atom is 0.191 e. The summed E-state index contributed by atoms with van der Waals surface area (Å²) in [5.41, 5.74) is 1.34. The molecule has 2 unspecified atom stereocenters. The van der Waals surface area contributed by atoms with Crippen LogP contribution in [-0.2, 0) is 4.74 Å². The van der Waals surface area contributed by atoms with Crippen molar-refractivity contribution in [2.75, 3.05) is 53.6 Å². The number of guanidine groups is 1. The van der Waals surface area contributed by atoms with Crippen LogP contribution in [0, 0.1) is 0 Å². The molecule has 2 atom stereocenters. The summed E-state index contributed by atoms with van der Waals surface area (Å²) in [6.45, 7) is 9.94. The first-order valence-electron chi connectivity index (χ1n) is 10.6. The molecule has 0 radical (unpaired) electrons. The minimum absolute atomic E-state index is 0.487. The number of nitrogens with one attached hydrogen (secondary N) is 2. The zero-order valence-electron chi connectivity index (χ0n) is 18.0. The lowest BCUT2D eigenvalue weighted by atomic mass is 9.98. The monoisotopic (exact) mass is 390 g/mol. The van der Waals surface area contributed by atoms with Crippen LogP contribution in [0.4, 0.5) is 0 Å². The third-order valence-corrected chi connectivity index (χ3v) is 5.44. The zero-order chi connectivity index (χ0) is 20.2. The number of nitrogens with zero attached hydrogens (tertiary/aromatic N) is 2. The lowest BCUT2D eigenvalue weighted by Crippen LogP contribution is -2.40. The average Bonchev–Trinajstić information content (AvgIpc) is 3.17. The molecule has 28 heavy (non-hydrogen) atoms. The molecule has 0 bridgehead atoms. The molecule has 1 saturated heterocycles. The van der Waals surface area contributed by atoms with Crippen molar-refractivity contribution < 1.29 is 9.47 Å². The lowest BCUT2D eigenvalue weighted by Gasteiger charge is -2.23. The molecule has 0 spiro atoms. The minimum Gasteiger partial charge on any atom is -0.497 e. The molecule has 1 aliphatic heterocycles. The SMILES string of the molecule is CCNC(=NCC1CCCN1CCOC)NCCC(C)c1ccc(OC)cc1. The number of hydrogen-bond acceptors (Lipinski definition) is 4. The first kappa shape index (κ1) is 22.5. The van der Waals surface area contributed by atoms with Gasteiger partial charge in [0.1, 0.15) is 5.75 Å². The Morgan fingerprint density at radius 3 is 2.71 bits per heavy atom. The van der Waals surface area contributed by atoms with Crippen molar-refractivity contribution in [1.82, 2.24) is 15.5 Å². The molecule has 158 valence electrons. The summed E-state index contributed by atoms with van der Waals surface area (Å²) >= 11 is 0. The van der Waals surface area contributed by atoms with Gasteiger partial charge in [-0.2, -0.15) is 0 Å². The predicted octanol–water partition coefficient (Wildman–Crippen LogP) is 2.85. The Morgan fingerprint density at radius 2 is 2.04 bits per heavy atom. The number of rotatable bonds is 11. The van der Waals surface area contributed by atoms with E-state index in [0.29, 0.717) is 12.0 Å². The maximum absolute atomic E-state index is 5.24. The summed E-state index contributed by atoms with van der Waals surface area (Å²) in [7, 11) is 3.47. The van der Waals surface area contributed by atoms with Gasteiger partial charge in [0.25, 0.3) is 0 Å². The molecule has 1 heterocycles. The normalized spacial score (nSPS) is 18.9. The van der Waals surface area contributed by atoms with Crippen molar-refractivity contribution in [3.05, 3.63) is 29.8 Å². The Balaban J connectivity index is 1.80. The standard InChI is InChI=1S/C22H38N4O2/c1-5-23-22(25-17-20-7-6-14-26(20)15-16-27-3)24-13-12-18(2)19-8-10-21(28-4)11-9-19/h8-11,18,20H,5-7,12-17H2,1-4H3,(H2,23,24,25). The van der Waals surface area contributed by atoms with Crippen LogP contribution in [0.2, 0.25) is 0 Å². The van der Waals surface area contributed by atoms with Crippen LogP contribution >= 0.6 is 0 Å². The van der Waals surface area contributed by atoms with Crippen LogP contribution in [0.25, 0.3) is 0 Å². The van der Waals surface area contributed by atoms with Gasteiger partial charge in [-0.15, -0.1) is 0 Å². The van der Waals surface area contributed by atoms with Gasteiger partial charge in [0.2, 0.25) is 0 Å². The second-order valence-corrected chi connectivity index (χ2v) is 7.43. The number of likely N-dealkylation sites (tertiary alicyclic amines) is 1. The fourth-order valence-electron chi connectivity index (χ4n) is 3.65. The Morgan fingerprint density at radius 1 is 1.25 bits per heavy atom. The van der Waals surface area contributed by atoms with Gasteiger partial charge in [-0.3, -0.25) is 9.89 Å². The van der Waals surface area contributed by atoms with E-state index in [1.54, 1.807) is 14.2 Å². The molecule has 0 saturated carbocycles. The first-order chi connectivity index (χ1) is 13.7. The Hall–Kier alpha value is -1.79. The van der Waals surface area contributed by atoms with E-state index in [1.165, 1.54) is 18.4 Å². The first-order valence-corrected chi connectivity index (χ1v) is 10.6. The highest BCUT2D eigenvalue weighted by atomic mass is 16.5. The second-order valence-electron chi connectivity index (χ2n) is 7.43. The van der Waals surface area contributed by atoms with Gasteiger partial charge in [0.15, 0.2) is 5.96 Å². The second kappa shape index (κ2) is 12.6. The molecule has 1 aliphatic rings. The molecule has 6 nitrogen and oxygen atoms in total. The summed E-state index contributed by atoms with van der Waals surface area (Å²) in [6.07, 6.45) is 3.54. The van der Waals surface area contributed by atoms with Gasteiger partial charge in [-0.1, -0.05) is 19.1 Å². The van der Waals surface area contributed by atoms with Crippen LogP contribution in [0.15, 0.2) is 29.3 Å². The molecule has 1 aromatic rings. The summed E-state index contributed by atoms with van der Waals surface area (Å²) < 4.78 is 10.5. The van der Waals surface area contributed by atoms with Crippen molar-refractivity contribution in [3.8, 4) is 5.75 Å². The van der Waals surface area contributed by atoms with Crippen LogP contribution in [0.5, 0.6) is 5.75 Å². The van der Waals surface area contributed by atoms with E-state index < -0.39 is 0 Å². The summed E-state index contributed by atoms with van der Waals surface area (Å²) in [4.78, 5) is 7.34. The highest BCUT2D eigenvalue weighted by Gasteiger charge is 2.23. The maximum atomic E-state index is 5.24. The number of hydrogen-bond donors (Lipinski definition) is 2. The molecule has 0 aromatic heterocycles. The largest absolute Gasteiger partial charge is 0.497 e.